The van der Waals surface area contributed by atoms with E-state index in [2.05, 4.69) is 19.1 Å². The van der Waals surface area contributed by atoms with Crippen LogP contribution in [0, 0.1) is 5.41 Å². The summed E-state index contributed by atoms with van der Waals surface area (Å²) >= 11 is 1.75. The predicted octanol–water partition coefficient (Wildman–Crippen LogP) is 3.64. The molecule has 0 amide bonds. The van der Waals surface area contributed by atoms with Crippen molar-refractivity contribution in [2.45, 2.75) is 58.0 Å². The summed E-state index contributed by atoms with van der Waals surface area (Å²) in [6, 6.07) is 4.24. The molecule has 0 spiro atoms. The van der Waals surface area contributed by atoms with Crippen LogP contribution in [-0.2, 0) is 6.42 Å². The lowest BCUT2D eigenvalue weighted by atomic mass is 9.75. The number of thiophene rings is 1. The van der Waals surface area contributed by atoms with Crippen molar-refractivity contribution in [2.24, 2.45) is 11.1 Å². The Morgan fingerprint density at radius 1 is 1.28 bits per heavy atom. The molecule has 0 aliphatic heterocycles. The van der Waals surface area contributed by atoms with E-state index < -0.39 is 0 Å². The van der Waals surface area contributed by atoms with Crippen molar-refractivity contribution in [3.05, 3.63) is 21.9 Å². The van der Waals surface area contributed by atoms with Crippen molar-refractivity contribution < 1.29 is 5.11 Å². The molecule has 18 heavy (non-hydrogen) atoms. The molecule has 102 valence electrons. The molecule has 2 rings (SSSR count). The van der Waals surface area contributed by atoms with E-state index in [9.17, 15) is 5.11 Å². The van der Waals surface area contributed by atoms with Crippen LogP contribution in [0.4, 0.5) is 0 Å². The maximum absolute atomic E-state index is 10.8. The van der Waals surface area contributed by atoms with E-state index >= 15 is 0 Å². The lowest BCUT2D eigenvalue weighted by molar-refractivity contribution is 0.0193. The SMILES string of the molecule is CCc1ccc(C(O)C2(CN)CCCCCC2)s1. The first-order valence-corrected chi connectivity index (χ1v) is 8.00. The quantitative estimate of drug-likeness (QED) is 0.818. The first-order valence-electron chi connectivity index (χ1n) is 7.18. The fourth-order valence-electron chi connectivity index (χ4n) is 3.06. The third-order valence-electron chi connectivity index (χ3n) is 4.39. The van der Waals surface area contributed by atoms with E-state index in [0.717, 1.165) is 24.1 Å². The lowest BCUT2D eigenvalue weighted by Crippen LogP contribution is -2.36. The summed E-state index contributed by atoms with van der Waals surface area (Å²) < 4.78 is 0. The molecule has 1 aromatic heterocycles. The molecule has 0 bridgehead atoms. The highest BCUT2D eigenvalue weighted by Gasteiger charge is 2.38. The van der Waals surface area contributed by atoms with Crippen LogP contribution in [0.5, 0.6) is 0 Å². The molecule has 0 radical (unpaired) electrons. The molecule has 1 fully saturated rings. The second-order valence-electron chi connectivity index (χ2n) is 5.54. The topological polar surface area (TPSA) is 46.2 Å². The van der Waals surface area contributed by atoms with Crippen LogP contribution in [0.25, 0.3) is 0 Å². The standard InChI is InChI=1S/C15H25NOS/c1-2-12-7-8-13(18-12)14(17)15(11-16)9-5-3-4-6-10-15/h7-8,14,17H,2-6,9-11,16H2,1H3. The first-order chi connectivity index (χ1) is 8.72. The van der Waals surface area contributed by atoms with Crippen LogP contribution in [0.1, 0.15) is 61.3 Å². The Morgan fingerprint density at radius 3 is 2.44 bits per heavy atom. The molecule has 1 aliphatic rings. The fraction of sp³-hybridized carbons (Fsp3) is 0.733. The third-order valence-corrected chi connectivity index (χ3v) is 5.67. The average Bonchev–Trinajstić information content (AvgIpc) is 2.75. The molecule has 1 aliphatic carbocycles. The number of nitrogens with two attached hydrogens (primary N) is 1. The Kier molecular flexibility index (Phi) is 4.82. The zero-order chi connectivity index (χ0) is 13.0. The number of aryl methyl sites for hydroxylation is 1. The second-order valence-corrected chi connectivity index (χ2v) is 6.74. The minimum absolute atomic E-state index is 0.0770. The van der Waals surface area contributed by atoms with Crippen molar-refractivity contribution in [3.8, 4) is 0 Å². The summed E-state index contributed by atoms with van der Waals surface area (Å²) in [4.78, 5) is 2.46. The van der Waals surface area contributed by atoms with E-state index in [0.29, 0.717) is 6.54 Å². The van der Waals surface area contributed by atoms with Gasteiger partial charge in [-0.2, -0.15) is 0 Å². The average molecular weight is 267 g/mol. The Morgan fingerprint density at radius 2 is 1.94 bits per heavy atom. The maximum atomic E-state index is 10.8. The lowest BCUT2D eigenvalue weighted by Gasteiger charge is -2.36. The zero-order valence-electron chi connectivity index (χ0n) is 11.3. The van der Waals surface area contributed by atoms with Crippen molar-refractivity contribution in [1.29, 1.82) is 0 Å². The molecule has 1 heterocycles. The van der Waals surface area contributed by atoms with Gasteiger partial charge in [-0.15, -0.1) is 11.3 Å². The van der Waals surface area contributed by atoms with Crippen LogP contribution in [0.3, 0.4) is 0 Å². The minimum Gasteiger partial charge on any atom is -0.387 e. The Labute approximate surface area is 114 Å². The van der Waals surface area contributed by atoms with Gasteiger partial charge in [0.1, 0.15) is 0 Å². The van der Waals surface area contributed by atoms with E-state index in [1.54, 1.807) is 11.3 Å². The smallest absolute Gasteiger partial charge is 0.0950 e. The van der Waals surface area contributed by atoms with Crippen molar-refractivity contribution in [3.63, 3.8) is 0 Å². The van der Waals surface area contributed by atoms with Gasteiger partial charge in [-0.05, 0) is 31.4 Å². The maximum Gasteiger partial charge on any atom is 0.0950 e. The monoisotopic (exact) mass is 267 g/mol. The van der Waals surface area contributed by atoms with Gasteiger partial charge in [-0.25, -0.2) is 0 Å². The number of hydrogen-bond donors (Lipinski definition) is 2. The summed E-state index contributed by atoms with van der Waals surface area (Å²) in [5.74, 6) is 0. The highest BCUT2D eigenvalue weighted by atomic mass is 32.1. The Bertz CT molecular complexity index is 366. The van der Waals surface area contributed by atoms with Crippen LogP contribution in [0.15, 0.2) is 12.1 Å². The molecule has 1 aromatic rings. The van der Waals surface area contributed by atoms with Crippen LogP contribution >= 0.6 is 11.3 Å². The van der Waals surface area contributed by atoms with E-state index in [4.69, 9.17) is 5.73 Å². The van der Waals surface area contributed by atoms with Gasteiger partial charge >= 0.3 is 0 Å². The highest BCUT2D eigenvalue weighted by Crippen LogP contribution is 2.45. The molecule has 2 nitrogen and oxygen atoms in total. The van der Waals surface area contributed by atoms with Gasteiger partial charge in [0.2, 0.25) is 0 Å². The van der Waals surface area contributed by atoms with Gasteiger partial charge in [0, 0.05) is 21.7 Å². The minimum atomic E-state index is -0.370. The zero-order valence-corrected chi connectivity index (χ0v) is 12.1. The Balaban J connectivity index is 2.19. The van der Waals surface area contributed by atoms with Crippen LogP contribution in [-0.4, -0.2) is 11.7 Å². The first kappa shape index (κ1) is 14.0. The molecule has 1 saturated carbocycles. The van der Waals surface area contributed by atoms with Gasteiger partial charge in [-0.3, -0.25) is 0 Å². The number of aliphatic hydroxyl groups excluding tert-OH is 1. The fourth-order valence-corrected chi connectivity index (χ4v) is 4.14. The normalized spacial score (nSPS) is 21.5. The van der Waals surface area contributed by atoms with Gasteiger partial charge < -0.3 is 10.8 Å². The molecule has 1 unspecified atom stereocenters. The number of rotatable bonds is 4. The van der Waals surface area contributed by atoms with Crippen LogP contribution in [0.2, 0.25) is 0 Å². The van der Waals surface area contributed by atoms with Gasteiger partial charge in [-0.1, -0.05) is 32.6 Å². The molecular weight excluding hydrogens is 242 g/mol. The van der Waals surface area contributed by atoms with Crippen molar-refractivity contribution in [2.75, 3.05) is 6.54 Å². The molecule has 0 saturated heterocycles. The number of hydrogen-bond acceptors (Lipinski definition) is 3. The molecule has 1 atom stereocenters. The van der Waals surface area contributed by atoms with Gasteiger partial charge in [0.05, 0.1) is 6.10 Å². The molecule has 3 N–H and O–H groups in total. The summed E-state index contributed by atoms with van der Waals surface area (Å²) in [7, 11) is 0. The predicted molar refractivity (Wildman–Crippen MR) is 77.8 cm³/mol. The largest absolute Gasteiger partial charge is 0.387 e. The van der Waals surface area contributed by atoms with Crippen molar-refractivity contribution in [1.82, 2.24) is 0 Å². The van der Waals surface area contributed by atoms with E-state index in [1.807, 2.05) is 0 Å². The molecule has 3 heteroatoms. The van der Waals surface area contributed by atoms with Crippen molar-refractivity contribution >= 4 is 11.3 Å². The number of aliphatic hydroxyl groups is 1. The van der Waals surface area contributed by atoms with Gasteiger partial charge in [0.25, 0.3) is 0 Å². The second kappa shape index (κ2) is 6.18. The summed E-state index contributed by atoms with van der Waals surface area (Å²) in [6.07, 6.45) is 7.82. The molecular formula is C15H25NOS. The summed E-state index contributed by atoms with van der Waals surface area (Å²) in [5.41, 5.74) is 5.95. The van der Waals surface area contributed by atoms with Crippen LogP contribution < -0.4 is 5.73 Å². The van der Waals surface area contributed by atoms with E-state index in [-0.39, 0.29) is 11.5 Å². The highest BCUT2D eigenvalue weighted by molar-refractivity contribution is 7.12. The van der Waals surface area contributed by atoms with Gasteiger partial charge in [0.15, 0.2) is 0 Å². The summed E-state index contributed by atoms with van der Waals surface area (Å²) in [5, 5.41) is 10.8. The van der Waals surface area contributed by atoms with E-state index in [1.165, 1.54) is 30.6 Å². The Hall–Kier alpha value is -0.380. The summed E-state index contributed by atoms with van der Waals surface area (Å²) in [6.45, 7) is 2.76. The third kappa shape index (κ3) is 2.79. The molecule has 0 aromatic carbocycles.